The molecule has 2 nitrogen and oxygen atoms in total. The van der Waals surface area contributed by atoms with Gasteiger partial charge < -0.3 is 10.1 Å². The number of hydrogen-bond acceptors (Lipinski definition) is 2. The first-order chi connectivity index (χ1) is 9.69. The topological polar surface area (TPSA) is 21.3 Å². The Kier molecular flexibility index (Phi) is 5.51. The lowest BCUT2D eigenvalue weighted by atomic mass is 10.2. The molecule has 0 aliphatic heterocycles. The summed E-state index contributed by atoms with van der Waals surface area (Å²) in [6.07, 6.45) is 5.23. The monoisotopic (exact) mass is 393 g/mol. The Morgan fingerprint density at radius 3 is 2.45 bits per heavy atom. The van der Waals surface area contributed by atoms with E-state index in [0.29, 0.717) is 6.54 Å². The standard InChI is InChI=1S/C16H13Br2NO/c1-2-9-20-16-8-5-14(18)10-12(16)11-19-15-6-3-13(17)4-7-15/h1,3-8,10,19H,9,11H2. The number of hydrogen-bond donors (Lipinski definition) is 1. The lowest BCUT2D eigenvalue weighted by Crippen LogP contribution is -2.03. The zero-order valence-corrected chi connectivity index (χ0v) is 13.9. The van der Waals surface area contributed by atoms with Gasteiger partial charge in [-0.2, -0.15) is 0 Å². The van der Waals surface area contributed by atoms with Crippen LogP contribution in [0.5, 0.6) is 5.75 Å². The number of halogens is 2. The highest BCUT2D eigenvalue weighted by atomic mass is 79.9. The van der Waals surface area contributed by atoms with E-state index in [0.717, 1.165) is 25.9 Å². The van der Waals surface area contributed by atoms with E-state index in [4.69, 9.17) is 11.2 Å². The SMILES string of the molecule is C#CCOc1ccc(Br)cc1CNc1ccc(Br)cc1. The number of terminal acetylenes is 1. The van der Waals surface area contributed by atoms with Crippen LogP contribution in [0.25, 0.3) is 0 Å². The second kappa shape index (κ2) is 7.37. The third-order valence-corrected chi connectivity index (χ3v) is 3.68. The molecule has 0 unspecified atom stereocenters. The maximum absolute atomic E-state index is 5.54. The van der Waals surface area contributed by atoms with E-state index in [2.05, 4.69) is 43.1 Å². The quantitative estimate of drug-likeness (QED) is 0.733. The summed E-state index contributed by atoms with van der Waals surface area (Å²) in [5, 5.41) is 3.36. The number of benzene rings is 2. The second-order valence-electron chi connectivity index (χ2n) is 4.11. The number of nitrogens with one attached hydrogen (secondary N) is 1. The molecule has 0 aliphatic carbocycles. The molecule has 2 aromatic carbocycles. The van der Waals surface area contributed by atoms with Crippen LogP contribution in [0.2, 0.25) is 0 Å². The van der Waals surface area contributed by atoms with Gasteiger partial charge in [-0.05, 0) is 42.5 Å². The average molecular weight is 395 g/mol. The average Bonchev–Trinajstić information content (AvgIpc) is 2.46. The van der Waals surface area contributed by atoms with Gasteiger partial charge in [0.15, 0.2) is 0 Å². The van der Waals surface area contributed by atoms with Gasteiger partial charge >= 0.3 is 0 Å². The van der Waals surface area contributed by atoms with E-state index in [1.807, 2.05) is 42.5 Å². The van der Waals surface area contributed by atoms with Crippen molar-refractivity contribution < 1.29 is 4.74 Å². The van der Waals surface area contributed by atoms with Gasteiger partial charge in [0.2, 0.25) is 0 Å². The molecule has 2 rings (SSSR count). The van der Waals surface area contributed by atoms with Gasteiger partial charge in [-0.15, -0.1) is 6.42 Å². The van der Waals surface area contributed by atoms with Gasteiger partial charge in [-0.3, -0.25) is 0 Å². The minimum atomic E-state index is 0.271. The van der Waals surface area contributed by atoms with Crippen molar-refractivity contribution in [2.24, 2.45) is 0 Å². The van der Waals surface area contributed by atoms with Crippen LogP contribution in [0.15, 0.2) is 51.4 Å². The highest BCUT2D eigenvalue weighted by molar-refractivity contribution is 9.10. The first kappa shape index (κ1) is 15.0. The maximum atomic E-state index is 5.54. The minimum absolute atomic E-state index is 0.271. The summed E-state index contributed by atoms with van der Waals surface area (Å²) in [4.78, 5) is 0. The van der Waals surface area contributed by atoms with Crippen LogP contribution >= 0.6 is 31.9 Å². The number of rotatable bonds is 5. The zero-order valence-electron chi connectivity index (χ0n) is 10.7. The summed E-state index contributed by atoms with van der Waals surface area (Å²) >= 11 is 6.89. The van der Waals surface area contributed by atoms with Crippen LogP contribution in [0.4, 0.5) is 5.69 Å². The van der Waals surface area contributed by atoms with E-state index < -0.39 is 0 Å². The predicted octanol–water partition coefficient (Wildman–Crippen LogP) is 4.84. The highest BCUT2D eigenvalue weighted by Crippen LogP contribution is 2.24. The van der Waals surface area contributed by atoms with E-state index in [-0.39, 0.29) is 6.61 Å². The molecular formula is C16H13Br2NO. The van der Waals surface area contributed by atoms with Crippen LogP contribution in [-0.2, 0) is 6.54 Å². The Bertz CT molecular complexity index is 617. The van der Waals surface area contributed by atoms with Gasteiger partial charge in [-0.25, -0.2) is 0 Å². The second-order valence-corrected chi connectivity index (χ2v) is 5.94. The van der Waals surface area contributed by atoms with Crippen LogP contribution in [0.3, 0.4) is 0 Å². The molecule has 0 aromatic heterocycles. The molecule has 1 N–H and O–H groups in total. The molecule has 0 aliphatic rings. The van der Waals surface area contributed by atoms with E-state index in [1.165, 1.54) is 0 Å². The van der Waals surface area contributed by atoms with Crippen LogP contribution in [-0.4, -0.2) is 6.61 Å². The number of ether oxygens (including phenoxy) is 1. The van der Waals surface area contributed by atoms with Gasteiger partial charge in [0.25, 0.3) is 0 Å². The molecule has 4 heteroatoms. The highest BCUT2D eigenvalue weighted by Gasteiger charge is 2.04. The van der Waals surface area contributed by atoms with E-state index in [1.54, 1.807) is 0 Å². The van der Waals surface area contributed by atoms with Gasteiger partial charge in [-0.1, -0.05) is 37.8 Å². The van der Waals surface area contributed by atoms with Crippen molar-refractivity contribution in [3.63, 3.8) is 0 Å². The molecule has 0 fully saturated rings. The smallest absolute Gasteiger partial charge is 0.148 e. The molecule has 0 bridgehead atoms. The third kappa shape index (κ3) is 4.29. The fourth-order valence-corrected chi connectivity index (χ4v) is 2.38. The summed E-state index contributed by atoms with van der Waals surface area (Å²) in [7, 11) is 0. The summed E-state index contributed by atoms with van der Waals surface area (Å²) in [6, 6.07) is 13.9. The van der Waals surface area contributed by atoms with Gasteiger partial charge in [0, 0.05) is 26.7 Å². The Hall–Kier alpha value is -1.44. The normalized spacial score (nSPS) is 9.85. The van der Waals surface area contributed by atoms with Crippen molar-refractivity contribution >= 4 is 37.5 Å². The summed E-state index contributed by atoms with van der Waals surface area (Å²) in [5.74, 6) is 3.28. The first-order valence-corrected chi connectivity index (χ1v) is 7.62. The molecule has 0 atom stereocenters. The predicted molar refractivity (Wildman–Crippen MR) is 89.9 cm³/mol. The van der Waals surface area contributed by atoms with Gasteiger partial charge in [0.05, 0.1) is 0 Å². The lowest BCUT2D eigenvalue weighted by Gasteiger charge is -2.12. The van der Waals surface area contributed by atoms with Crippen molar-refractivity contribution in [3.8, 4) is 18.1 Å². The fraction of sp³-hybridized carbons (Fsp3) is 0.125. The van der Waals surface area contributed by atoms with Crippen molar-refractivity contribution in [1.82, 2.24) is 0 Å². The summed E-state index contributed by atoms with van der Waals surface area (Å²) in [6.45, 7) is 0.938. The Labute approximate surface area is 135 Å². The van der Waals surface area contributed by atoms with Crippen molar-refractivity contribution in [2.45, 2.75) is 6.54 Å². The molecule has 0 radical (unpaired) electrons. The van der Waals surface area contributed by atoms with E-state index >= 15 is 0 Å². The van der Waals surface area contributed by atoms with Crippen LogP contribution in [0, 0.1) is 12.3 Å². The molecule has 20 heavy (non-hydrogen) atoms. The zero-order chi connectivity index (χ0) is 14.4. The first-order valence-electron chi connectivity index (χ1n) is 6.03. The largest absolute Gasteiger partial charge is 0.481 e. The minimum Gasteiger partial charge on any atom is -0.481 e. The Morgan fingerprint density at radius 2 is 1.75 bits per heavy atom. The molecule has 2 aromatic rings. The molecule has 0 amide bonds. The Morgan fingerprint density at radius 1 is 1.05 bits per heavy atom. The molecule has 0 saturated heterocycles. The van der Waals surface area contributed by atoms with Crippen molar-refractivity contribution in [3.05, 3.63) is 57.0 Å². The lowest BCUT2D eigenvalue weighted by molar-refractivity contribution is 0.366. The van der Waals surface area contributed by atoms with Crippen LogP contribution in [0.1, 0.15) is 5.56 Å². The maximum Gasteiger partial charge on any atom is 0.148 e. The van der Waals surface area contributed by atoms with Crippen molar-refractivity contribution in [1.29, 1.82) is 0 Å². The molecular weight excluding hydrogens is 382 g/mol. The van der Waals surface area contributed by atoms with Gasteiger partial charge in [0.1, 0.15) is 12.4 Å². The number of anilines is 1. The summed E-state index contributed by atoms with van der Waals surface area (Å²) in [5.41, 5.74) is 2.11. The molecule has 0 heterocycles. The summed E-state index contributed by atoms with van der Waals surface area (Å²) < 4.78 is 7.62. The molecule has 102 valence electrons. The molecule has 0 spiro atoms. The fourth-order valence-electron chi connectivity index (χ4n) is 1.71. The Balaban J connectivity index is 2.09. The van der Waals surface area contributed by atoms with Crippen molar-refractivity contribution in [2.75, 3.05) is 11.9 Å². The van der Waals surface area contributed by atoms with E-state index in [9.17, 15) is 0 Å². The third-order valence-electron chi connectivity index (χ3n) is 2.66. The molecule has 0 saturated carbocycles. The van der Waals surface area contributed by atoms with Crippen LogP contribution < -0.4 is 10.1 Å².